The fourth-order valence-electron chi connectivity index (χ4n) is 1.80. The van der Waals surface area contributed by atoms with E-state index in [0.717, 1.165) is 18.4 Å². The van der Waals surface area contributed by atoms with Crippen molar-refractivity contribution < 1.29 is 4.79 Å². The second kappa shape index (κ2) is 4.04. The van der Waals surface area contributed by atoms with Crippen molar-refractivity contribution in [1.29, 1.82) is 0 Å². The Morgan fingerprint density at radius 3 is 2.94 bits per heavy atom. The van der Waals surface area contributed by atoms with Crippen LogP contribution in [0.25, 0.3) is 0 Å². The van der Waals surface area contributed by atoms with Crippen molar-refractivity contribution in [3.05, 3.63) is 34.9 Å². The zero-order chi connectivity index (χ0) is 11.8. The molecule has 1 aliphatic heterocycles. The lowest BCUT2D eigenvalue weighted by Gasteiger charge is -2.04. The third kappa shape index (κ3) is 2.26. The Hall–Kier alpha value is -1.55. The Balaban J connectivity index is 1.82. The average molecular weight is 250 g/mol. The molecule has 1 aromatic rings. The molecule has 4 nitrogen and oxygen atoms in total. The van der Waals surface area contributed by atoms with Crippen LogP contribution in [-0.4, -0.2) is 17.9 Å². The van der Waals surface area contributed by atoms with Crippen molar-refractivity contribution >= 4 is 23.5 Å². The molecule has 1 saturated carbocycles. The quantitative estimate of drug-likeness (QED) is 0.837. The van der Waals surface area contributed by atoms with Crippen LogP contribution in [0.1, 0.15) is 24.4 Å². The van der Waals surface area contributed by atoms with Gasteiger partial charge in [-0.05, 0) is 30.5 Å². The van der Waals surface area contributed by atoms with Crippen molar-refractivity contribution in [2.45, 2.75) is 24.9 Å². The van der Waals surface area contributed by atoms with E-state index >= 15 is 0 Å². The van der Waals surface area contributed by atoms with Gasteiger partial charge in [-0.25, -0.2) is 4.99 Å². The van der Waals surface area contributed by atoms with Gasteiger partial charge in [0.15, 0.2) is 12.0 Å². The summed E-state index contributed by atoms with van der Waals surface area (Å²) in [6, 6.07) is 7.24. The molecule has 0 aromatic heterocycles. The molecular weight excluding hydrogens is 238 g/mol. The van der Waals surface area contributed by atoms with Gasteiger partial charge in [0, 0.05) is 11.1 Å². The lowest BCUT2D eigenvalue weighted by Crippen LogP contribution is -2.37. The first-order valence-corrected chi connectivity index (χ1v) is 6.01. The monoisotopic (exact) mass is 249 g/mol. The van der Waals surface area contributed by atoms with E-state index in [2.05, 4.69) is 15.6 Å². The van der Waals surface area contributed by atoms with E-state index < -0.39 is 6.04 Å². The number of amides is 1. The van der Waals surface area contributed by atoms with E-state index in [1.807, 2.05) is 12.1 Å². The van der Waals surface area contributed by atoms with Gasteiger partial charge in [0.25, 0.3) is 5.91 Å². The Morgan fingerprint density at radius 1 is 1.41 bits per heavy atom. The number of hydrogen-bond acceptors (Lipinski definition) is 3. The number of benzene rings is 1. The predicted octanol–water partition coefficient (Wildman–Crippen LogP) is 1.62. The highest BCUT2D eigenvalue weighted by Gasteiger charge is 2.31. The third-order valence-electron chi connectivity index (χ3n) is 2.83. The fraction of sp³-hybridized carbons (Fsp3) is 0.333. The lowest BCUT2D eigenvalue weighted by molar-refractivity contribution is -0.120. The zero-order valence-electron chi connectivity index (χ0n) is 9.11. The Kier molecular flexibility index (Phi) is 2.52. The second-order valence-corrected chi connectivity index (χ2v) is 4.78. The molecule has 1 unspecified atom stereocenters. The molecule has 2 N–H and O–H groups in total. The topological polar surface area (TPSA) is 53.5 Å². The first-order valence-electron chi connectivity index (χ1n) is 5.63. The van der Waals surface area contributed by atoms with Crippen molar-refractivity contribution in [2.24, 2.45) is 4.99 Å². The van der Waals surface area contributed by atoms with Gasteiger partial charge in [0.1, 0.15) is 0 Å². The Labute approximate surface area is 104 Å². The van der Waals surface area contributed by atoms with Crippen LogP contribution in [-0.2, 0) is 4.79 Å². The summed E-state index contributed by atoms with van der Waals surface area (Å²) in [5, 5.41) is 6.55. The van der Waals surface area contributed by atoms with Crippen molar-refractivity contribution in [2.75, 3.05) is 0 Å². The molecule has 88 valence electrons. The van der Waals surface area contributed by atoms with Crippen LogP contribution in [0.5, 0.6) is 0 Å². The molecule has 1 heterocycles. The van der Waals surface area contributed by atoms with Gasteiger partial charge in [-0.2, -0.15) is 0 Å². The summed E-state index contributed by atoms with van der Waals surface area (Å²) in [6.07, 6.45) is 2.30. The number of guanidine groups is 1. The number of nitrogens with zero attached hydrogens (tertiary/aromatic N) is 1. The minimum absolute atomic E-state index is 0.101. The Morgan fingerprint density at radius 2 is 2.24 bits per heavy atom. The molecule has 1 atom stereocenters. The summed E-state index contributed by atoms with van der Waals surface area (Å²) in [5.41, 5.74) is 0.822. The largest absolute Gasteiger partial charge is 0.353 e. The molecule has 17 heavy (non-hydrogen) atoms. The zero-order valence-corrected chi connectivity index (χ0v) is 9.87. The van der Waals surface area contributed by atoms with Crippen LogP contribution in [0.2, 0.25) is 5.02 Å². The molecule has 5 heteroatoms. The van der Waals surface area contributed by atoms with Gasteiger partial charge >= 0.3 is 0 Å². The molecule has 2 aliphatic rings. The minimum atomic E-state index is -0.477. The summed E-state index contributed by atoms with van der Waals surface area (Å²) in [5.74, 6) is 0.484. The van der Waals surface area contributed by atoms with Crippen LogP contribution in [0.4, 0.5) is 0 Å². The molecule has 1 aliphatic carbocycles. The Bertz CT molecular complexity index is 496. The number of aliphatic imine (C=N–C) groups is 1. The molecule has 0 bridgehead atoms. The van der Waals surface area contributed by atoms with Gasteiger partial charge in [0.05, 0.1) is 0 Å². The van der Waals surface area contributed by atoms with Gasteiger partial charge in [-0.1, -0.05) is 23.7 Å². The molecule has 1 amide bonds. The average Bonchev–Trinajstić information content (AvgIpc) is 3.01. The number of carbonyl (C=O) groups excluding carboxylic acids is 1. The standard InChI is InChI=1S/C12H12ClN3O/c13-8-3-1-2-7(6-8)10-11(17)16-12(15-10)14-9-4-5-9/h1-3,6,9-10H,4-5H2,(H2,14,15,16,17). The highest BCUT2D eigenvalue weighted by Crippen LogP contribution is 2.25. The van der Waals surface area contributed by atoms with Gasteiger partial charge < -0.3 is 5.32 Å². The summed E-state index contributed by atoms with van der Waals surface area (Å²) in [4.78, 5) is 16.1. The summed E-state index contributed by atoms with van der Waals surface area (Å²) in [7, 11) is 0. The van der Waals surface area contributed by atoms with Crippen molar-refractivity contribution in [3.8, 4) is 0 Å². The van der Waals surface area contributed by atoms with E-state index in [0.29, 0.717) is 17.0 Å². The number of carbonyl (C=O) groups is 1. The summed E-state index contributed by atoms with van der Waals surface area (Å²) >= 11 is 5.91. The van der Waals surface area contributed by atoms with E-state index in [1.54, 1.807) is 12.1 Å². The first kappa shape index (κ1) is 10.6. The van der Waals surface area contributed by atoms with E-state index in [4.69, 9.17) is 11.6 Å². The highest BCUT2D eigenvalue weighted by atomic mass is 35.5. The van der Waals surface area contributed by atoms with Gasteiger partial charge in [0.2, 0.25) is 0 Å². The maximum absolute atomic E-state index is 11.8. The maximum Gasteiger partial charge on any atom is 0.256 e. The molecule has 1 fully saturated rings. The van der Waals surface area contributed by atoms with Gasteiger partial charge in [-0.3, -0.25) is 10.1 Å². The summed E-state index contributed by atoms with van der Waals surface area (Å²) in [6.45, 7) is 0. The predicted molar refractivity (Wildman–Crippen MR) is 65.9 cm³/mol. The smallest absolute Gasteiger partial charge is 0.256 e. The number of nitrogens with one attached hydrogen (secondary N) is 2. The highest BCUT2D eigenvalue weighted by molar-refractivity contribution is 6.30. The molecule has 1 aromatic carbocycles. The SMILES string of the molecule is O=C1NC(NC2CC2)=NC1c1cccc(Cl)c1. The van der Waals surface area contributed by atoms with Crippen LogP contribution >= 0.6 is 11.6 Å². The van der Waals surface area contributed by atoms with Crippen LogP contribution in [0, 0.1) is 0 Å². The van der Waals surface area contributed by atoms with Crippen LogP contribution in [0.3, 0.4) is 0 Å². The van der Waals surface area contributed by atoms with E-state index in [1.165, 1.54) is 0 Å². The van der Waals surface area contributed by atoms with Crippen LogP contribution < -0.4 is 10.6 Å². The second-order valence-electron chi connectivity index (χ2n) is 4.34. The minimum Gasteiger partial charge on any atom is -0.353 e. The van der Waals surface area contributed by atoms with Gasteiger partial charge in [-0.15, -0.1) is 0 Å². The molecule has 0 spiro atoms. The third-order valence-corrected chi connectivity index (χ3v) is 3.07. The van der Waals surface area contributed by atoms with E-state index in [-0.39, 0.29) is 5.91 Å². The molecular formula is C12H12ClN3O. The van der Waals surface area contributed by atoms with Crippen LogP contribution in [0.15, 0.2) is 29.3 Å². The lowest BCUT2D eigenvalue weighted by atomic mass is 10.1. The van der Waals surface area contributed by atoms with E-state index in [9.17, 15) is 4.79 Å². The number of halogens is 1. The fourth-order valence-corrected chi connectivity index (χ4v) is 2.00. The molecule has 0 radical (unpaired) electrons. The van der Waals surface area contributed by atoms with Crippen molar-refractivity contribution in [3.63, 3.8) is 0 Å². The molecule has 3 rings (SSSR count). The normalized spacial score (nSPS) is 23.2. The van der Waals surface area contributed by atoms with Crippen molar-refractivity contribution in [1.82, 2.24) is 10.6 Å². The summed E-state index contributed by atoms with van der Waals surface area (Å²) < 4.78 is 0. The number of rotatable bonds is 2. The maximum atomic E-state index is 11.8. The molecule has 0 saturated heterocycles. The number of hydrogen-bond donors (Lipinski definition) is 2. The first-order chi connectivity index (χ1) is 8.22.